The van der Waals surface area contributed by atoms with Crippen LogP contribution in [0.1, 0.15) is 19.3 Å². The first-order valence-corrected chi connectivity index (χ1v) is 6.79. The van der Waals surface area contributed by atoms with Gasteiger partial charge in [0.15, 0.2) is 5.82 Å². The van der Waals surface area contributed by atoms with E-state index in [1.54, 1.807) is 0 Å². The van der Waals surface area contributed by atoms with Gasteiger partial charge in [0.25, 0.3) is 0 Å². The topological polar surface area (TPSA) is 76.2 Å². The van der Waals surface area contributed by atoms with E-state index in [0.29, 0.717) is 5.82 Å². The summed E-state index contributed by atoms with van der Waals surface area (Å²) in [6.45, 7) is 1.74. The highest BCUT2D eigenvalue weighted by atomic mass is 35.5. The number of amides is 1. The van der Waals surface area contributed by atoms with Gasteiger partial charge in [0.2, 0.25) is 5.91 Å². The number of likely N-dealkylation sites (N-methyl/N-ethyl adjacent to an activating group) is 1. The predicted octanol–water partition coefficient (Wildman–Crippen LogP) is 1.35. The van der Waals surface area contributed by atoms with Crippen molar-refractivity contribution >= 4 is 36.5 Å². The highest BCUT2D eigenvalue weighted by Gasteiger charge is 2.27. The molecule has 0 aliphatic heterocycles. The Morgan fingerprint density at radius 2 is 2.19 bits per heavy atom. The summed E-state index contributed by atoms with van der Waals surface area (Å²) in [5.74, 6) is 0.719. The van der Waals surface area contributed by atoms with Crippen molar-refractivity contribution in [3.63, 3.8) is 0 Å². The molecule has 0 radical (unpaired) electrons. The molecule has 1 fully saturated rings. The van der Waals surface area contributed by atoms with Crippen LogP contribution in [0.15, 0.2) is 12.3 Å². The molecule has 0 saturated heterocycles. The van der Waals surface area contributed by atoms with Crippen LogP contribution in [-0.2, 0) is 11.3 Å². The summed E-state index contributed by atoms with van der Waals surface area (Å²) in [6.07, 6.45) is 4.50. The first-order valence-electron chi connectivity index (χ1n) is 6.79. The van der Waals surface area contributed by atoms with Crippen molar-refractivity contribution in [2.24, 2.45) is 11.7 Å². The van der Waals surface area contributed by atoms with E-state index in [4.69, 9.17) is 5.73 Å². The number of nitrogens with one attached hydrogen (secondary N) is 1. The van der Waals surface area contributed by atoms with Crippen molar-refractivity contribution in [1.29, 1.82) is 0 Å². The standard InChI is InChI=1S/C13H23N5O.2ClH/c1-17(2)7-8-18-6-5-12(16-18)15-13(19)10-3-4-11(14)9-10;;/h5-6,10-11H,3-4,7-9,14H2,1-2H3,(H,15,16,19);2*1H. The van der Waals surface area contributed by atoms with Crippen LogP contribution in [0, 0.1) is 5.92 Å². The van der Waals surface area contributed by atoms with Gasteiger partial charge in [-0.3, -0.25) is 9.48 Å². The van der Waals surface area contributed by atoms with Gasteiger partial charge in [-0.1, -0.05) is 0 Å². The van der Waals surface area contributed by atoms with Crippen LogP contribution in [0.25, 0.3) is 0 Å². The summed E-state index contributed by atoms with van der Waals surface area (Å²) in [4.78, 5) is 14.1. The maximum Gasteiger partial charge on any atom is 0.228 e. The monoisotopic (exact) mass is 337 g/mol. The van der Waals surface area contributed by atoms with Crippen LogP contribution in [-0.4, -0.2) is 47.3 Å². The number of anilines is 1. The summed E-state index contributed by atoms with van der Waals surface area (Å²) >= 11 is 0. The van der Waals surface area contributed by atoms with Crippen LogP contribution in [0.4, 0.5) is 5.82 Å². The highest BCUT2D eigenvalue weighted by Crippen LogP contribution is 2.25. The lowest BCUT2D eigenvalue weighted by atomic mass is 10.1. The quantitative estimate of drug-likeness (QED) is 0.850. The second-order valence-electron chi connectivity index (χ2n) is 5.53. The minimum atomic E-state index is 0. The number of halogens is 2. The predicted molar refractivity (Wildman–Crippen MR) is 89.2 cm³/mol. The molecule has 1 aliphatic carbocycles. The summed E-state index contributed by atoms with van der Waals surface area (Å²) < 4.78 is 1.84. The number of carbonyl (C=O) groups is 1. The Labute approximate surface area is 138 Å². The second kappa shape index (κ2) is 9.25. The third-order valence-corrected chi connectivity index (χ3v) is 3.51. The lowest BCUT2D eigenvalue weighted by molar-refractivity contribution is -0.119. The van der Waals surface area contributed by atoms with Gasteiger partial charge < -0.3 is 16.0 Å². The van der Waals surface area contributed by atoms with E-state index in [1.807, 2.05) is 31.0 Å². The number of hydrogen-bond acceptors (Lipinski definition) is 4. The van der Waals surface area contributed by atoms with E-state index >= 15 is 0 Å². The number of rotatable bonds is 5. The molecular formula is C13H25Cl2N5O. The third kappa shape index (κ3) is 6.22. The molecule has 0 bridgehead atoms. The zero-order valence-corrected chi connectivity index (χ0v) is 14.1. The van der Waals surface area contributed by atoms with Gasteiger partial charge in [0.05, 0.1) is 6.54 Å². The Kier molecular flexibility index (Phi) is 8.89. The van der Waals surface area contributed by atoms with Crippen LogP contribution in [0.3, 0.4) is 0 Å². The fourth-order valence-electron chi connectivity index (χ4n) is 2.34. The van der Waals surface area contributed by atoms with Crippen LogP contribution in [0.2, 0.25) is 0 Å². The molecule has 21 heavy (non-hydrogen) atoms. The average molecular weight is 338 g/mol. The zero-order valence-electron chi connectivity index (χ0n) is 12.5. The van der Waals surface area contributed by atoms with Crippen molar-refractivity contribution in [3.05, 3.63) is 12.3 Å². The van der Waals surface area contributed by atoms with Gasteiger partial charge in [-0.15, -0.1) is 24.8 Å². The van der Waals surface area contributed by atoms with E-state index in [-0.39, 0.29) is 42.7 Å². The average Bonchev–Trinajstić information content (AvgIpc) is 2.95. The summed E-state index contributed by atoms with van der Waals surface area (Å²) in [6, 6.07) is 2.01. The molecule has 122 valence electrons. The molecule has 1 aliphatic rings. The lowest BCUT2D eigenvalue weighted by Gasteiger charge is -2.10. The third-order valence-electron chi connectivity index (χ3n) is 3.51. The normalized spacial score (nSPS) is 20.8. The zero-order chi connectivity index (χ0) is 13.8. The summed E-state index contributed by atoms with van der Waals surface area (Å²) in [5, 5.41) is 7.21. The van der Waals surface area contributed by atoms with Gasteiger partial charge in [-0.25, -0.2) is 0 Å². The molecule has 2 rings (SSSR count). The SMILES string of the molecule is CN(C)CCn1ccc(NC(=O)C2CCC(N)C2)n1.Cl.Cl. The molecule has 0 aromatic carbocycles. The van der Waals surface area contributed by atoms with Gasteiger partial charge in [0, 0.05) is 30.8 Å². The molecule has 3 N–H and O–H groups in total. The van der Waals surface area contributed by atoms with Crippen molar-refractivity contribution in [1.82, 2.24) is 14.7 Å². The molecule has 1 aromatic rings. The molecular weight excluding hydrogens is 313 g/mol. The first-order chi connectivity index (χ1) is 9.04. The minimum Gasteiger partial charge on any atom is -0.328 e. The molecule has 1 saturated carbocycles. The molecule has 6 nitrogen and oxygen atoms in total. The van der Waals surface area contributed by atoms with E-state index in [2.05, 4.69) is 15.3 Å². The van der Waals surface area contributed by atoms with Crippen LogP contribution >= 0.6 is 24.8 Å². The largest absolute Gasteiger partial charge is 0.328 e. The number of aromatic nitrogens is 2. The maximum absolute atomic E-state index is 12.0. The molecule has 1 aromatic heterocycles. The van der Waals surface area contributed by atoms with Gasteiger partial charge in [0.1, 0.15) is 0 Å². The van der Waals surface area contributed by atoms with E-state index in [9.17, 15) is 4.79 Å². The maximum atomic E-state index is 12.0. The van der Waals surface area contributed by atoms with E-state index < -0.39 is 0 Å². The molecule has 2 unspecified atom stereocenters. The van der Waals surface area contributed by atoms with Crippen molar-refractivity contribution in [2.75, 3.05) is 26.0 Å². The smallest absolute Gasteiger partial charge is 0.228 e. The van der Waals surface area contributed by atoms with Crippen LogP contribution < -0.4 is 11.1 Å². The highest BCUT2D eigenvalue weighted by molar-refractivity contribution is 5.91. The Hall–Kier alpha value is -0.820. The summed E-state index contributed by atoms with van der Waals surface area (Å²) in [7, 11) is 4.05. The first kappa shape index (κ1) is 20.2. The number of carbonyl (C=O) groups excluding carboxylic acids is 1. The number of hydrogen-bond donors (Lipinski definition) is 2. The Balaban J connectivity index is 0.00000200. The van der Waals surface area contributed by atoms with Crippen LogP contribution in [0.5, 0.6) is 0 Å². The van der Waals surface area contributed by atoms with Crippen molar-refractivity contribution in [2.45, 2.75) is 31.8 Å². The van der Waals surface area contributed by atoms with Gasteiger partial charge in [-0.2, -0.15) is 5.10 Å². The minimum absolute atomic E-state index is 0. The molecule has 0 spiro atoms. The van der Waals surface area contributed by atoms with Gasteiger partial charge >= 0.3 is 0 Å². The second-order valence-corrected chi connectivity index (χ2v) is 5.53. The van der Waals surface area contributed by atoms with Crippen molar-refractivity contribution < 1.29 is 4.79 Å². The molecule has 2 atom stereocenters. The molecule has 1 amide bonds. The van der Waals surface area contributed by atoms with Crippen molar-refractivity contribution in [3.8, 4) is 0 Å². The van der Waals surface area contributed by atoms with E-state index in [0.717, 1.165) is 32.4 Å². The fourth-order valence-corrected chi connectivity index (χ4v) is 2.34. The summed E-state index contributed by atoms with van der Waals surface area (Å²) in [5.41, 5.74) is 5.82. The number of nitrogens with two attached hydrogens (primary N) is 1. The number of nitrogens with zero attached hydrogens (tertiary/aromatic N) is 3. The molecule has 8 heteroatoms. The Morgan fingerprint density at radius 3 is 2.76 bits per heavy atom. The van der Waals surface area contributed by atoms with E-state index in [1.165, 1.54) is 0 Å². The fraction of sp³-hybridized carbons (Fsp3) is 0.692. The van der Waals surface area contributed by atoms with Gasteiger partial charge in [-0.05, 0) is 33.4 Å². The Bertz CT molecular complexity index is 438. The lowest BCUT2D eigenvalue weighted by Crippen LogP contribution is -2.23. The molecule has 1 heterocycles. The Morgan fingerprint density at radius 1 is 1.48 bits per heavy atom.